The molecule has 0 saturated carbocycles. The van der Waals surface area contributed by atoms with Gasteiger partial charge in [0.15, 0.2) is 0 Å². The number of nitrogens with one attached hydrogen (secondary N) is 2. The molecule has 0 bridgehead atoms. The SMILES string of the molecule is Cc1cccc(NS(=O)(=O)c2cc(C(=O)NC(C(C)C)C(C)C)ccc2C)c1. The smallest absolute Gasteiger partial charge is 0.262 e. The molecular weight excluding hydrogens is 372 g/mol. The first-order valence-corrected chi connectivity index (χ1v) is 11.0. The highest BCUT2D eigenvalue weighted by Gasteiger charge is 2.23. The molecule has 28 heavy (non-hydrogen) atoms. The fourth-order valence-corrected chi connectivity index (χ4v) is 4.61. The highest BCUT2D eigenvalue weighted by molar-refractivity contribution is 7.92. The van der Waals surface area contributed by atoms with Crippen molar-refractivity contribution in [1.29, 1.82) is 0 Å². The quantitative estimate of drug-likeness (QED) is 0.715. The van der Waals surface area contributed by atoms with E-state index in [9.17, 15) is 13.2 Å². The Morgan fingerprint density at radius 2 is 1.57 bits per heavy atom. The van der Waals surface area contributed by atoms with Crippen LogP contribution in [0.2, 0.25) is 0 Å². The van der Waals surface area contributed by atoms with Gasteiger partial charge in [-0.3, -0.25) is 9.52 Å². The minimum absolute atomic E-state index is 0.0132. The van der Waals surface area contributed by atoms with Crippen LogP contribution in [0.15, 0.2) is 47.4 Å². The third-order valence-electron chi connectivity index (χ3n) is 4.74. The Morgan fingerprint density at radius 1 is 0.929 bits per heavy atom. The van der Waals surface area contributed by atoms with Gasteiger partial charge in [0.25, 0.3) is 15.9 Å². The van der Waals surface area contributed by atoms with E-state index in [2.05, 4.69) is 37.7 Å². The van der Waals surface area contributed by atoms with Gasteiger partial charge in [-0.15, -0.1) is 0 Å². The van der Waals surface area contributed by atoms with E-state index < -0.39 is 10.0 Å². The largest absolute Gasteiger partial charge is 0.349 e. The van der Waals surface area contributed by atoms with Gasteiger partial charge in [0.2, 0.25) is 0 Å². The number of hydrogen-bond donors (Lipinski definition) is 2. The average Bonchev–Trinajstić information content (AvgIpc) is 2.58. The number of aryl methyl sites for hydroxylation is 2. The molecule has 0 unspecified atom stereocenters. The van der Waals surface area contributed by atoms with Gasteiger partial charge in [-0.2, -0.15) is 0 Å². The minimum Gasteiger partial charge on any atom is -0.349 e. The number of sulfonamides is 1. The first-order valence-electron chi connectivity index (χ1n) is 9.52. The van der Waals surface area contributed by atoms with E-state index >= 15 is 0 Å². The van der Waals surface area contributed by atoms with Crippen LogP contribution in [0.4, 0.5) is 5.69 Å². The van der Waals surface area contributed by atoms with E-state index in [1.807, 2.05) is 13.0 Å². The molecule has 5 nitrogen and oxygen atoms in total. The van der Waals surface area contributed by atoms with Gasteiger partial charge >= 0.3 is 0 Å². The lowest BCUT2D eigenvalue weighted by atomic mass is 9.93. The Balaban J connectivity index is 2.33. The molecule has 0 aliphatic carbocycles. The van der Waals surface area contributed by atoms with Crippen molar-refractivity contribution >= 4 is 21.6 Å². The number of carbonyl (C=O) groups is 1. The molecule has 1 amide bonds. The summed E-state index contributed by atoms with van der Waals surface area (Å²) in [5.41, 5.74) is 2.37. The molecule has 0 aliphatic rings. The summed E-state index contributed by atoms with van der Waals surface area (Å²) in [6, 6.07) is 11.9. The Morgan fingerprint density at radius 3 is 2.14 bits per heavy atom. The number of hydrogen-bond acceptors (Lipinski definition) is 3. The lowest BCUT2D eigenvalue weighted by Crippen LogP contribution is -2.42. The number of carbonyl (C=O) groups excluding carboxylic acids is 1. The van der Waals surface area contributed by atoms with Crippen molar-refractivity contribution in [2.75, 3.05) is 4.72 Å². The molecule has 0 spiro atoms. The molecule has 0 aromatic heterocycles. The Labute approximate surface area is 168 Å². The van der Waals surface area contributed by atoms with Gasteiger partial charge in [-0.05, 0) is 61.1 Å². The highest BCUT2D eigenvalue weighted by Crippen LogP contribution is 2.22. The minimum atomic E-state index is -3.81. The summed E-state index contributed by atoms with van der Waals surface area (Å²) in [5, 5.41) is 3.03. The molecule has 0 aliphatic heterocycles. The fraction of sp³-hybridized carbons (Fsp3) is 0.409. The van der Waals surface area contributed by atoms with Crippen molar-refractivity contribution in [3.05, 3.63) is 59.2 Å². The van der Waals surface area contributed by atoms with Crippen molar-refractivity contribution < 1.29 is 13.2 Å². The van der Waals surface area contributed by atoms with E-state index in [4.69, 9.17) is 0 Å². The van der Waals surface area contributed by atoms with Gasteiger partial charge in [0.1, 0.15) is 0 Å². The van der Waals surface area contributed by atoms with Crippen molar-refractivity contribution in [1.82, 2.24) is 5.32 Å². The van der Waals surface area contributed by atoms with Crippen LogP contribution in [0.3, 0.4) is 0 Å². The van der Waals surface area contributed by atoms with Crippen molar-refractivity contribution in [2.24, 2.45) is 11.8 Å². The monoisotopic (exact) mass is 402 g/mol. The molecule has 2 rings (SSSR count). The molecule has 0 fully saturated rings. The maximum Gasteiger partial charge on any atom is 0.262 e. The van der Waals surface area contributed by atoms with E-state index in [-0.39, 0.29) is 28.7 Å². The first-order chi connectivity index (χ1) is 13.0. The molecule has 0 saturated heterocycles. The summed E-state index contributed by atoms with van der Waals surface area (Å²) in [5.74, 6) is 0.292. The fourth-order valence-electron chi connectivity index (χ4n) is 3.29. The van der Waals surface area contributed by atoms with E-state index in [0.717, 1.165) is 5.56 Å². The zero-order chi connectivity index (χ0) is 21.1. The number of rotatable bonds is 7. The Kier molecular flexibility index (Phi) is 6.88. The second-order valence-electron chi connectivity index (χ2n) is 7.94. The van der Waals surface area contributed by atoms with Crippen LogP contribution < -0.4 is 10.0 Å². The standard InChI is InChI=1S/C22H30N2O3S/c1-14(2)21(15(3)4)23-22(25)18-11-10-17(6)20(13-18)28(26,27)24-19-9-7-8-16(5)12-19/h7-15,21,24H,1-6H3,(H,23,25). The molecule has 6 heteroatoms. The summed E-state index contributed by atoms with van der Waals surface area (Å²) in [6.07, 6.45) is 0. The van der Waals surface area contributed by atoms with Gasteiger partial charge in [-0.25, -0.2) is 8.42 Å². The second-order valence-corrected chi connectivity index (χ2v) is 9.59. The topological polar surface area (TPSA) is 75.3 Å². The number of amides is 1. The van der Waals surface area contributed by atoms with Crippen molar-refractivity contribution in [2.45, 2.75) is 52.5 Å². The van der Waals surface area contributed by atoms with Crippen LogP contribution in [-0.2, 0) is 10.0 Å². The van der Waals surface area contributed by atoms with Crippen molar-refractivity contribution in [3.63, 3.8) is 0 Å². The average molecular weight is 403 g/mol. The van der Waals surface area contributed by atoms with Gasteiger partial charge in [0, 0.05) is 17.3 Å². The summed E-state index contributed by atoms with van der Waals surface area (Å²) in [7, 11) is -3.81. The molecule has 2 aromatic carbocycles. The lowest BCUT2D eigenvalue weighted by Gasteiger charge is -2.26. The molecule has 152 valence electrons. The third kappa shape index (κ3) is 5.35. The van der Waals surface area contributed by atoms with E-state index in [1.165, 1.54) is 6.07 Å². The molecule has 0 atom stereocenters. The van der Waals surface area contributed by atoms with Crippen LogP contribution in [0.5, 0.6) is 0 Å². The van der Waals surface area contributed by atoms with E-state index in [0.29, 0.717) is 16.8 Å². The molecule has 2 N–H and O–H groups in total. The van der Waals surface area contributed by atoms with Crippen LogP contribution in [-0.4, -0.2) is 20.4 Å². The normalized spacial score (nSPS) is 11.9. The van der Waals surface area contributed by atoms with Crippen LogP contribution in [0.1, 0.15) is 49.2 Å². The third-order valence-corrected chi connectivity index (χ3v) is 6.27. The maximum atomic E-state index is 12.9. The van der Waals surface area contributed by atoms with E-state index in [1.54, 1.807) is 37.3 Å². The molecular formula is C22H30N2O3S. The summed E-state index contributed by atoms with van der Waals surface area (Å²) >= 11 is 0. The zero-order valence-corrected chi connectivity index (χ0v) is 18.2. The predicted octanol–water partition coefficient (Wildman–Crippen LogP) is 4.51. The Hall–Kier alpha value is -2.34. The van der Waals surface area contributed by atoms with Gasteiger partial charge in [0.05, 0.1) is 4.90 Å². The molecule has 2 aromatic rings. The lowest BCUT2D eigenvalue weighted by molar-refractivity contribution is 0.0910. The molecule has 0 heterocycles. The predicted molar refractivity (Wildman–Crippen MR) is 114 cm³/mol. The Bertz CT molecular complexity index is 942. The summed E-state index contributed by atoms with van der Waals surface area (Å²) in [6.45, 7) is 11.8. The second kappa shape index (κ2) is 8.78. The number of benzene rings is 2. The van der Waals surface area contributed by atoms with Gasteiger partial charge < -0.3 is 5.32 Å². The zero-order valence-electron chi connectivity index (χ0n) is 17.4. The molecule has 0 radical (unpaired) electrons. The highest BCUT2D eigenvalue weighted by atomic mass is 32.2. The van der Waals surface area contributed by atoms with Crippen LogP contribution in [0, 0.1) is 25.7 Å². The summed E-state index contributed by atoms with van der Waals surface area (Å²) in [4.78, 5) is 12.8. The maximum absolute atomic E-state index is 12.9. The van der Waals surface area contributed by atoms with Crippen LogP contribution in [0.25, 0.3) is 0 Å². The van der Waals surface area contributed by atoms with Crippen LogP contribution >= 0.6 is 0 Å². The van der Waals surface area contributed by atoms with Gasteiger partial charge in [-0.1, -0.05) is 45.9 Å². The first kappa shape index (κ1) is 22.0. The van der Waals surface area contributed by atoms with Crippen molar-refractivity contribution in [3.8, 4) is 0 Å². The number of anilines is 1. The summed E-state index contributed by atoms with van der Waals surface area (Å²) < 4.78 is 28.4.